The van der Waals surface area contributed by atoms with Gasteiger partial charge < -0.3 is 9.64 Å². The Kier molecular flexibility index (Phi) is 5.02. The van der Waals surface area contributed by atoms with Gasteiger partial charge in [-0.1, -0.05) is 46.9 Å². The van der Waals surface area contributed by atoms with Crippen molar-refractivity contribution in [3.63, 3.8) is 0 Å². The van der Waals surface area contributed by atoms with E-state index in [1.165, 1.54) is 5.69 Å². The van der Waals surface area contributed by atoms with Gasteiger partial charge >= 0.3 is 0 Å². The topological polar surface area (TPSA) is 12.5 Å². The molecule has 0 aromatic heterocycles. The number of piperidine rings is 1. The molecule has 0 aliphatic carbocycles. The van der Waals surface area contributed by atoms with Crippen molar-refractivity contribution >= 4 is 40.5 Å². The zero-order valence-electron chi connectivity index (χ0n) is 11.9. The maximum Gasteiger partial charge on any atom is 0.156 e. The van der Waals surface area contributed by atoms with Crippen molar-refractivity contribution in [3.8, 4) is 5.75 Å². The molecule has 1 aliphatic heterocycles. The molecule has 1 heterocycles. The van der Waals surface area contributed by atoms with Gasteiger partial charge in [-0.3, -0.25) is 0 Å². The lowest BCUT2D eigenvalue weighted by Crippen LogP contribution is -2.38. The Balaban J connectivity index is 1.63. The molecular formula is C17H15Cl3NO. The number of halogens is 3. The maximum atomic E-state index is 6.17. The van der Waals surface area contributed by atoms with Crippen LogP contribution in [0.2, 0.25) is 15.1 Å². The number of hydrogen-bond acceptors (Lipinski definition) is 2. The number of ether oxygens (including phenoxy) is 1. The molecule has 1 radical (unpaired) electrons. The van der Waals surface area contributed by atoms with E-state index >= 15 is 0 Å². The molecule has 2 aromatic rings. The Morgan fingerprint density at radius 1 is 1.09 bits per heavy atom. The molecule has 0 spiro atoms. The lowest BCUT2D eigenvalue weighted by molar-refractivity contribution is 0.171. The van der Waals surface area contributed by atoms with Crippen molar-refractivity contribution in [2.75, 3.05) is 18.0 Å². The van der Waals surface area contributed by atoms with Crippen molar-refractivity contribution in [2.45, 2.75) is 18.9 Å². The Labute approximate surface area is 145 Å². The smallest absolute Gasteiger partial charge is 0.156 e. The van der Waals surface area contributed by atoms with Gasteiger partial charge in [0.15, 0.2) is 5.75 Å². The van der Waals surface area contributed by atoms with Crippen LogP contribution < -0.4 is 9.64 Å². The first-order valence-corrected chi connectivity index (χ1v) is 8.29. The molecule has 115 valence electrons. The fraction of sp³-hybridized carbons (Fsp3) is 0.294. The molecule has 2 aromatic carbocycles. The van der Waals surface area contributed by atoms with E-state index in [4.69, 9.17) is 39.5 Å². The summed E-state index contributed by atoms with van der Waals surface area (Å²) in [5.41, 5.74) is 1.20. The van der Waals surface area contributed by atoms with Crippen LogP contribution in [0.3, 0.4) is 0 Å². The molecule has 0 bridgehead atoms. The van der Waals surface area contributed by atoms with Gasteiger partial charge in [0, 0.05) is 36.6 Å². The van der Waals surface area contributed by atoms with E-state index in [2.05, 4.69) is 17.0 Å². The SMILES string of the molecule is Clc1cc(Cl)c(OC2CCN(c3c[c]ccc3)CC2)c(Cl)c1. The summed E-state index contributed by atoms with van der Waals surface area (Å²) in [5.74, 6) is 0.527. The summed E-state index contributed by atoms with van der Waals surface area (Å²) in [6.45, 7) is 1.87. The predicted molar refractivity (Wildman–Crippen MR) is 92.6 cm³/mol. The molecular weight excluding hydrogens is 341 g/mol. The molecule has 1 saturated heterocycles. The van der Waals surface area contributed by atoms with Gasteiger partial charge in [0.1, 0.15) is 6.10 Å². The van der Waals surface area contributed by atoms with E-state index < -0.39 is 0 Å². The van der Waals surface area contributed by atoms with Crippen molar-refractivity contribution in [1.82, 2.24) is 0 Å². The summed E-state index contributed by atoms with van der Waals surface area (Å²) < 4.78 is 6.00. The van der Waals surface area contributed by atoms with Gasteiger partial charge in [-0.25, -0.2) is 0 Å². The van der Waals surface area contributed by atoms with Crippen LogP contribution >= 0.6 is 34.8 Å². The Morgan fingerprint density at radius 2 is 1.77 bits per heavy atom. The fourth-order valence-corrected chi connectivity index (χ4v) is 3.53. The second-order valence-electron chi connectivity index (χ2n) is 5.26. The van der Waals surface area contributed by atoms with E-state index in [1.807, 2.05) is 18.2 Å². The lowest BCUT2D eigenvalue weighted by Gasteiger charge is -2.34. The van der Waals surface area contributed by atoms with Crippen LogP contribution in [-0.2, 0) is 0 Å². The van der Waals surface area contributed by atoms with Gasteiger partial charge in [-0.15, -0.1) is 0 Å². The molecule has 0 saturated carbocycles. The number of hydrogen-bond donors (Lipinski definition) is 0. The average Bonchev–Trinajstić information content (AvgIpc) is 2.52. The van der Waals surface area contributed by atoms with E-state index in [9.17, 15) is 0 Å². The number of benzene rings is 2. The number of nitrogens with zero attached hydrogens (tertiary/aromatic N) is 1. The fourth-order valence-electron chi connectivity index (χ4n) is 2.62. The van der Waals surface area contributed by atoms with E-state index in [-0.39, 0.29) is 6.10 Å². The third-order valence-electron chi connectivity index (χ3n) is 3.75. The van der Waals surface area contributed by atoms with Crippen LogP contribution in [0, 0.1) is 6.07 Å². The Morgan fingerprint density at radius 3 is 2.36 bits per heavy atom. The normalized spacial score (nSPS) is 15.9. The molecule has 1 aliphatic rings. The van der Waals surface area contributed by atoms with Crippen molar-refractivity contribution in [2.24, 2.45) is 0 Å². The molecule has 2 nitrogen and oxygen atoms in total. The largest absolute Gasteiger partial charge is 0.487 e. The van der Waals surface area contributed by atoms with Crippen molar-refractivity contribution in [1.29, 1.82) is 0 Å². The number of anilines is 1. The summed E-state index contributed by atoms with van der Waals surface area (Å²) >= 11 is 18.3. The first kappa shape index (κ1) is 15.8. The van der Waals surface area contributed by atoms with Gasteiger partial charge in [0.05, 0.1) is 10.0 Å². The minimum Gasteiger partial charge on any atom is -0.487 e. The van der Waals surface area contributed by atoms with Gasteiger partial charge in [-0.2, -0.15) is 0 Å². The molecule has 1 fully saturated rings. The highest BCUT2D eigenvalue weighted by atomic mass is 35.5. The molecule has 0 amide bonds. The highest BCUT2D eigenvalue weighted by Crippen LogP contribution is 2.37. The molecule has 0 atom stereocenters. The number of rotatable bonds is 3. The summed E-state index contributed by atoms with van der Waals surface area (Å²) in [6.07, 6.45) is 1.95. The zero-order valence-corrected chi connectivity index (χ0v) is 14.1. The summed E-state index contributed by atoms with van der Waals surface area (Å²) in [6, 6.07) is 14.4. The van der Waals surface area contributed by atoms with Crippen molar-refractivity contribution < 1.29 is 4.74 Å². The van der Waals surface area contributed by atoms with Crippen LogP contribution in [0.25, 0.3) is 0 Å². The third kappa shape index (κ3) is 3.62. The second kappa shape index (κ2) is 6.99. The highest BCUT2D eigenvalue weighted by molar-refractivity contribution is 6.40. The molecule has 5 heteroatoms. The highest BCUT2D eigenvalue weighted by Gasteiger charge is 2.22. The Hall–Kier alpha value is -1.09. The Bertz CT molecular complexity index is 617. The second-order valence-corrected chi connectivity index (χ2v) is 6.52. The van der Waals surface area contributed by atoms with Crippen LogP contribution in [0.1, 0.15) is 12.8 Å². The predicted octanol–water partition coefficient (Wildman–Crippen LogP) is 5.49. The molecule has 0 N–H and O–H groups in total. The van der Waals surface area contributed by atoms with Gasteiger partial charge in [0.25, 0.3) is 0 Å². The first-order valence-electron chi connectivity index (χ1n) is 7.16. The summed E-state index contributed by atoms with van der Waals surface area (Å²) in [4.78, 5) is 2.33. The summed E-state index contributed by atoms with van der Waals surface area (Å²) in [5, 5.41) is 1.42. The standard InChI is InChI=1S/C17H15Cl3NO/c18-12-10-15(19)17(16(20)11-12)22-14-6-8-21(9-7-14)13-4-2-1-3-5-13/h1-2,4-5,10-11,14H,6-9H2. The zero-order chi connectivity index (χ0) is 15.5. The van der Waals surface area contributed by atoms with E-state index in [0.717, 1.165) is 25.9 Å². The van der Waals surface area contributed by atoms with Crippen LogP contribution in [0.4, 0.5) is 5.69 Å². The molecule has 3 rings (SSSR count). The molecule has 0 unspecified atom stereocenters. The average molecular weight is 356 g/mol. The third-order valence-corrected chi connectivity index (χ3v) is 4.53. The van der Waals surface area contributed by atoms with Crippen molar-refractivity contribution in [3.05, 3.63) is 57.5 Å². The maximum absolute atomic E-state index is 6.17. The van der Waals surface area contributed by atoms with E-state index in [1.54, 1.807) is 12.1 Å². The quantitative estimate of drug-likeness (QED) is 0.721. The van der Waals surface area contributed by atoms with Crippen LogP contribution in [0.15, 0.2) is 36.4 Å². The molecule has 22 heavy (non-hydrogen) atoms. The lowest BCUT2D eigenvalue weighted by atomic mass is 10.1. The van der Waals surface area contributed by atoms with Gasteiger partial charge in [0.2, 0.25) is 0 Å². The minimum atomic E-state index is 0.111. The van der Waals surface area contributed by atoms with Crippen LogP contribution in [0.5, 0.6) is 5.75 Å². The van der Waals surface area contributed by atoms with Crippen LogP contribution in [-0.4, -0.2) is 19.2 Å². The first-order chi connectivity index (χ1) is 10.6. The van der Waals surface area contributed by atoms with E-state index in [0.29, 0.717) is 20.8 Å². The van der Waals surface area contributed by atoms with Gasteiger partial charge in [-0.05, 0) is 30.3 Å². The summed E-state index contributed by atoms with van der Waals surface area (Å²) in [7, 11) is 0. The minimum absolute atomic E-state index is 0.111. The monoisotopic (exact) mass is 354 g/mol.